The number of carboxylic acids is 1. The molecule has 0 bridgehead atoms. The summed E-state index contributed by atoms with van der Waals surface area (Å²) in [7, 11) is 0. The molecule has 2 rings (SSSR count). The maximum Gasteiger partial charge on any atom is 0.335 e. The van der Waals surface area contributed by atoms with Crippen LogP contribution in [0.2, 0.25) is 0 Å². The fourth-order valence-electron chi connectivity index (χ4n) is 4.03. The van der Waals surface area contributed by atoms with Crippen LogP contribution in [0.5, 0.6) is 5.75 Å². The molecule has 3 N–H and O–H groups in total. The first-order valence-corrected chi connectivity index (χ1v) is 9.06. The van der Waals surface area contributed by atoms with Crippen molar-refractivity contribution in [2.45, 2.75) is 64.7 Å². The topological polar surface area (TPSA) is 77.8 Å². The SMILES string of the molecule is CC(CO)CCC[C@H](C)[C@@H]1CC[C@@H](C)c2c(O)cc(C(=O)O)cc21. The first-order valence-electron chi connectivity index (χ1n) is 9.06. The monoisotopic (exact) mass is 334 g/mol. The summed E-state index contributed by atoms with van der Waals surface area (Å²) in [5.74, 6) is 0.466. The number of hydrogen-bond donors (Lipinski definition) is 3. The van der Waals surface area contributed by atoms with Crippen LogP contribution in [0.3, 0.4) is 0 Å². The van der Waals surface area contributed by atoms with Crippen molar-refractivity contribution in [3.8, 4) is 5.75 Å². The second kappa shape index (κ2) is 8.02. The Morgan fingerprint density at radius 1 is 1.25 bits per heavy atom. The van der Waals surface area contributed by atoms with Gasteiger partial charge in [-0.15, -0.1) is 0 Å². The summed E-state index contributed by atoms with van der Waals surface area (Å²) in [6.07, 6.45) is 5.19. The van der Waals surface area contributed by atoms with E-state index in [0.717, 1.165) is 43.2 Å². The molecular formula is C20H30O4. The molecule has 0 fully saturated rings. The van der Waals surface area contributed by atoms with Gasteiger partial charge in [0.25, 0.3) is 0 Å². The highest BCUT2D eigenvalue weighted by Crippen LogP contribution is 2.47. The number of hydrogen-bond acceptors (Lipinski definition) is 3. The molecule has 0 heterocycles. The highest BCUT2D eigenvalue weighted by atomic mass is 16.4. The average molecular weight is 334 g/mol. The average Bonchev–Trinajstić information content (AvgIpc) is 2.54. The molecule has 0 amide bonds. The minimum atomic E-state index is -0.991. The second-order valence-corrected chi connectivity index (χ2v) is 7.58. The predicted molar refractivity (Wildman–Crippen MR) is 94.7 cm³/mol. The van der Waals surface area contributed by atoms with Gasteiger partial charge in [0.15, 0.2) is 0 Å². The number of rotatable bonds is 7. The molecule has 0 aliphatic heterocycles. The van der Waals surface area contributed by atoms with Crippen molar-refractivity contribution in [1.82, 2.24) is 0 Å². The Morgan fingerprint density at radius 3 is 2.58 bits per heavy atom. The van der Waals surface area contributed by atoms with Crippen molar-refractivity contribution < 1.29 is 20.1 Å². The summed E-state index contributed by atoms with van der Waals surface area (Å²) in [6.45, 7) is 6.61. The van der Waals surface area contributed by atoms with Gasteiger partial charge in [-0.1, -0.05) is 33.6 Å². The third kappa shape index (κ3) is 4.10. The Balaban J connectivity index is 2.22. The number of aromatic carboxylic acids is 1. The number of fused-ring (bicyclic) bond motifs is 1. The van der Waals surface area contributed by atoms with E-state index in [1.165, 1.54) is 6.07 Å². The summed E-state index contributed by atoms with van der Waals surface area (Å²) in [4.78, 5) is 11.3. The number of carbonyl (C=O) groups is 1. The van der Waals surface area contributed by atoms with Crippen molar-refractivity contribution in [3.63, 3.8) is 0 Å². The summed E-state index contributed by atoms with van der Waals surface area (Å²) >= 11 is 0. The number of aromatic hydroxyl groups is 1. The fraction of sp³-hybridized carbons (Fsp3) is 0.650. The molecule has 1 aromatic rings. The van der Waals surface area contributed by atoms with E-state index in [4.69, 9.17) is 5.11 Å². The summed E-state index contributed by atoms with van der Waals surface area (Å²) in [6, 6.07) is 3.15. The van der Waals surface area contributed by atoms with Gasteiger partial charge < -0.3 is 15.3 Å². The number of carboxylic acid groups (broad SMARTS) is 1. The van der Waals surface area contributed by atoms with E-state index in [-0.39, 0.29) is 23.8 Å². The van der Waals surface area contributed by atoms with E-state index < -0.39 is 5.97 Å². The van der Waals surface area contributed by atoms with Crippen molar-refractivity contribution in [3.05, 3.63) is 28.8 Å². The molecule has 4 atom stereocenters. The molecule has 1 aromatic carbocycles. The lowest BCUT2D eigenvalue weighted by Gasteiger charge is -2.34. The van der Waals surface area contributed by atoms with E-state index >= 15 is 0 Å². The molecule has 134 valence electrons. The van der Waals surface area contributed by atoms with Gasteiger partial charge in [-0.25, -0.2) is 4.79 Å². The second-order valence-electron chi connectivity index (χ2n) is 7.58. The van der Waals surface area contributed by atoms with Gasteiger partial charge in [0.2, 0.25) is 0 Å². The highest BCUT2D eigenvalue weighted by molar-refractivity contribution is 5.88. The number of phenols is 1. The Bertz CT molecular complexity index is 581. The lowest BCUT2D eigenvalue weighted by molar-refractivity contribution is 0.0696. The molecule has 0 radical (unpaired) electrons. The first-order chi connectivity index (χ1) is 11.3. The molecule has 4 heteroatoms. The van der Waals surface area contributed by atoms with Crippen LogP contribution in [0.4, 0.5) is 0 Å². The minimum Gasteiger partial charge on any atom is -0.508 e. The van der Waals surface area contributed by atoms with Crippen LogP contribution < -0.4 is 0 Å². The van der Waals surface area contributed by atoms with Crippen LogP contribution in [0.25, 0.3) is 0 Å². The molecule has 0 saturated carbocycles. The zero-order chi connectivity index (χ0) is 17.9. The Hall–Kier alpha value is -1.55. The summed E-state index contributed by atoms with van der Waals surface area (Å²) < 4.78 is 0. The Labute approximate surface area is 144 Å². The lowest BCUT2D eigenvalue weighted by atomic mass is 9.70. The van der Waals surface area contributed by atoms with Gasteiger partial charge >= 0.3 is 5.97 Å². The van der Waals surface area contributed by atoms with E-state index in [9.17, 15) is 15.0 Å². The highest BCUT2D eigenvalue weighted by Gasteiger charge is 2.31. The molecule has 1 aliphatic rings. The van der Waals surface area contributed by atoms with Gasteiger partial charge in [0.05, 0.1) is 5.56 Å². The largest absolute Gasteiger partial charge is 0.508 e. The van der Waals surface area contributed by atoms with Crippen LogP contribution in [-0.2, 0) is 0 Å². The molecule has 24 heavy (non-hydrogen) atoms. The lowest BCUT2D eigenvalue weighted by Crippen LogP contribution is -2.20. The molecular weight excluding hydrogens is 304 g/mol. The Kier molecular flexibility index (Phi) is 6.27. The van der Waals surface area contributed by atoms with E-state index in [2.05, 4.69) is 20.8 Å². The van der Waals surface area contributed by atoms with Crippen molar-refractivity contribution >= 4 is 5.97 Å². The summed E-state index contributed by atoms with van der Waals surface area (Å²) in [5, 5.41) is 28.8. The smallest absolute Gasteiger partial charge is 0.335 e. The first kappa shape index (κ1) is 18.8. The molecule has 1 aliphatic carbocycles. The zero-order valence-electron chi connectivity index (χ0n) is 15.0. The maximum atomic E-state index is 11.3. The minimum absolute atomic E-state index is 0.128. The van der Waals surface area contributed by atoms with Gasteiger partial charge in [-0.2, -0.15) is 0 Å². The predicted octanol–water partition coefficient (Wildman–Crippen LogP) is 4.51. The van der Waals surface area contributed by atoms with Gasteiger partial charge in [-0.05, 0) is 60.6 Å². The van der Waals surface area contributed by atoms with Crippen LogP contribution >= 0.6 is 0 Å². The van der Waals surface area contributed by atoms with Crippen molar-refractivity contribution in [2.24, 2.45) is 11.8 Å². The number of aliphatic hydroxyl groups excluding tert-OH is 1. The standard InChI is InChI=1S/C20H30O4/c1-12(11-21)5-4-6-13(2)16-8-7-14(3)19-17(16)9-15(20(23)24)10-18(19)22/h9-10,12-14,16,21-22H,4-8,11H2,1-3H3,(H,23,24)/t12?,13-,14+,16-/m0/s1. The fourth-order valence-corrected chi connectivity index (χ4v) is 4.03. The number of phenolic OH excluding ortho intramolecular Hbond substituents is 1. The quantitative estimate of drug-likeness (QED) is 0.686. The van der Waals surface area contributed by atoms with Gasteiger partial charge in [-0.3, -0.25) is 0 Å². The van der Waals surface area contributed by atoms with Crippen LogP contribution in [-0.4, -0.2) is 27.9 Å². The number of benzene rings is 1. The number of aliphatic hydroxyl groups is 1. The third-order valence-corrected chi connectivity index (χ3v) is 5.60. The zero-order valence-corrected chi connectivity index (χ0v) is 15.0. The maximum absolute atomic E-state index is 11.3. The molecule has 0 aromatic heterocycles. The molecule has 4 nitrogen and oxygen atoms in total. The molecule has 0 spiro atoms. The van der Waals surface area contributed by atoms with Gasteiger partial charge in [0.1, 0.15) is 5.75 Å². The van der Waals surface area contributed by atoms with Crippen LogP contribution in [0.1, 0.15) is 86.2 Å². The Morgan fingerprint density at radius 2 is 1.96 bits per heavy atom. The normalized spacial score (nSPS) is 22.7. The molecule has 1 unspecified atom stereocenters. The van der Waals surface area contributed by atoms with E-state index in [1.807, 2.05) is 0 Å². The third-order valence-electron chi connectivity index (χ3n) is 5.60. The van der Waals surface area contributed by atoms with Crippen molar-refractivity contribution in [2.75, 3.05) is 6.61 Å². The van der Waals surface area contributed by atoms with Crippen molar-refractivity contribution in [1.29, 1.82) is 0 Å². The van der Waals surface area contributed by atoms with Crippen LogP contribution in [0, 0.1) is 11.8 Å². The van der Waals surface area contributed by atoms with Gasteiger partial charge in [0, 0.05) is 12.2 Å². The van der Waals surface area contributed by atoms with E-state index in [0.29, 0.717) is 17.8 Å². The van der Waals surface area contributed by atoms with E-state index in [1.54, 1.807) is 6.07 Å². The summed E-state index contributed by atoms with van der Waals surface area (Å²) in [5.41, 5.74) is 2.13. The molecule has 0 saturated heterocycles. The van der Waals surface area contributed by atoms with Crippen LogP contribution in [0.15, 0.2) is 12.1 Å².